The van der Waals surface area contributed by atoms with E-state index in [-0.39, 0.29) is 5.69 Å². The van der Waals surface area contributed by atoms with Crippen LogP contribution in [0.3, 0.4) is 0 Å². The summed E-state index contributed by atoms with van der Waals surface area (Å²) in [6, 6.07) is 4.79. The smallest absolute Gasteiger partial charge is 0.383 e. The third-order valence-electron chi connectivity index (χ3n) is 2.51. The van der Waals surface area contributed by atoms with E-state index in [4.69, 9.17) is 10.5 Å². The Morgan fingerprint density at radius 1 is 1.10 bits per heavy atom. The maximum atomic E-state index is 12.7. The Morgan fingerprint density at radius 3 is 2.14 bits per heavy atom. The Morgan fingerprint density at radius 2 is 1.71 bits per heavy atom. The summed E-state index contributed by atoms with van der Waals surface area (Å²) in [5.41, 5.74) is -2.15. The van der Waals surface area contributed by atoms with E-state index in [0.29, 0.717) is 6.07 Å². The third-order valence-corrected chi connectivity index (χ3v) is 2.51. The Bertz CT molecular complexity index is 591. The van der Waals surface area contributed by atoms with Crippen LogP contribution in [0.2, 0.25) is 0 Å². The predicted octanol–water partition coefficient (Wildman–Crippen LogP) is 3.69. The summed E-state index contributed by atoms with van der Waals surface area (Å²) in [7, 11) is 0. The molecule has 1 aromatic carbocycles. The zero-order valence-corrected chi connectivity index (χ0v) is 10.2. The molecular weight excluding hydrogens is 300 g/mol. The van der Waals surface area contributed by atoms with E-state index in [0.717, 1.165) is 18.2 Å². The van der Waals surface area contributed by atoms with Crippen molar-refractivity contribution in [1.82, 2.24) is 0 Å². The van der Waals surface area contributed by atoms with Gasteiger partial charge in [-0.05, 0) is 18.2 Å². The summed E-state index contributed by atoms with van der Waals surface area (Å²) >= 11 is 0. The van der Waals surface area contributed by atoms with Crippen LogP contribution in [0.5, 0.6) is 0 Å². The highest BCUT2D eigenvalue weighted by atomic mass is 19.4. The number of hydrogen-bond acceptors (Lipinski definition) is 3. The highest BCUT2D eigenvalue weighted by Gasteiger charge is 2.40. The summed E-state index contributed by atoms with van der Waals surface area (Å²) in [5.74, 6) is -2.34. The summed E-state index contributed by atoms with van der Waals surface area (Å²) in [6.45, 7) is -0.886. The molecule has 0 aliphatic heterocycles. The van der Waals surface area contributed by atoms with Crippen molar-refractivity contribution < 1.29 is 26.3 Å². The lowest BCUT2D eigenvalue weighted by Gasteiger charge is -2.16. The molecule has 0 spiro atoms. The summed E-state index contributed by atoms with van der Waals surface area (Å²) in [4.78, 5) is 0. The average molecular weight is 307 g/mol. The van der Waals surface area contributed by atoms with Gasteiger partial charge >= 0.3 is 12.4 Å². The Hall–Kier alpha value is -2.42. The number of nitrogens with one attached hydrogen (secondary N) is 1. The molecule has 0 aliphatic carbocycles. The second-order valence-electron chi connectivity index (χ2n) is 3.97. The lowest BCUT2D eigenvalue weighted by Crippen LogP contribution is -2.28. The van der Waals surface area contributed by atoms with Gasteiger partial charge in [0.05, 0.1) is 23.3 Å². The number of hydrogen-bond donors (Lipinski definition) is 1. The molecule has 1 aromatic rings. The van der Waals surface area contributed by atoms with E-state index in [9.17, 15) is 26.3 Å². The van der Waals surface area contributed by atoms with Crippen molar-refractivity contribution in [2.45, 2.75) is 12.4 Å². The molecule has 1 N–H and O–H groups in total. The van der Waals surface area contributed by atoms with Crippen molar-refractivity contribution in [3.8, 4) is 12.1 Å². The predicted molar refractivity (Wildman–Crippen MR) is 59.8 cm³/mol. The van der Waals surface area contributed by atoms with Gasteiger partial charge in [0, 0.05) is 12.2 Å². The summed E-state index contributed by atoms with van der Waals surface area (Å²) in [5, 5.41) is 19.1. The van der Waals surface area contributed by atoms with Crippen LogP contribution in [0, 0.1) is 28.6 Å². The van der Waals surface area contributed by atoms with Gasteiger partial charge in [0.1, 0.15) is 0 Å². The minimum atomic E-state index is -4.80. The number of alkyl halides is 6. The van der Waals surface area contributed by atoms with Crippen molar-refractivity contribution in [3.05, 3.63) is 29.3 Å². The number of nitriles is 2. The molecule has 21 heavy (non-hydrogen) atoms. The van der Waals surface area contributed by atoms with Gasteiger partial charge in [0.25, 0.3) is 0 Å². The largest absolute Gasteiger partial charge is 0.417 e. The molecule has 3 nitrogen and oxygen atoms in total. The quantitative estimate of drug-likeness (QED) is 0.866. The second kappa shape index (κ2) is 5.92. The van der Waals surface area contributed by atoms with Crippen molar-refractivity contribution in [1.29, 1.82) is 10.5 Å². The minimum absolute atomic E-state index is 0.258. The molecule has 0 aliphatic rings. The molecular formula is C12H7F6N3. The first-order valence-electron chi connectivity index (χ1n) is 5.41. The molecule has 0 fully saturated rings. The van der Waals surface area contributed by atoms with Gasteiger partial charge in [-0.2, -0.15) is 36.9 Å². The topological polar surface area (TPSA) is 59.6 Å². The number of anilines is 1. The van der Waals surface area contributed by atoms with E-state index in [1.165, 1.54) is 6.07 Å². The summed E-state index contributed by atoms with van der Waals surface area (Å²) in [6.07, 6.45) is -9.58. The standard InChI is InChI=1S/C12H7F6N3/c13-11(14,15)8(5-20)6-21-9-2-1-7(4-19)10(3-9)12(16,17)18/h1-3,8,21H,6H2. The van der Waals surface area contributed by atoms with Crippen LogP contribution in [-0.4, -0.2) is 12.7 Å². The normalized spacial score (nSPS) is 13.1. The molecule has 0 aromatic heterocycles. The number of nitrogens with zero attached hydrogens (tertiary/aromatic N) is 2. The molecule has 0 radical (unpaired) electrons. The molecule has 0 saturated heterocycles. The Labute approximate surface area is 115 Å². The van der Waals surface area contributed by atoms with Gasteiger partial charge < -0.3 is 5.32 Å². The minimum Gasteiger partial charge on any atom is -0.383 e. The maximum absolute atomic E-state index is 12.7. The van der Waals surface area contributed by atoms with Gasteiger partial charge in [0.15, 0.2) is 5.92 Å². The third kappa shape index (κ3) is 4.28. The first-order chi connectivity index (χ1) is 9.59. The van der Waals surface area contributed by atoms with Crippen LogP contribution < -0.4 is 5.32 Å². The van der Waals surface area contributed by atoms with Crippen molar-refractivity contribution in [2.75, 3.05) is 11.9 Å². The monoisotopic (exact) mass is 307 g/mol. The van der Waals surface area contributed by atoms with Crippen LogP contribution in [-0.2, 0) is 6.18 Å². The lowest BCUT2D eigenvalue weighted by atomic mass is 10.1. The zero-order valence-electron chi connectivity index (χ0n) is 10.2. The molecule has 0 saturated carbocycles. The van der Waals surface area contributed by atoms with Crippen molar-refractivity contribution in [2.24, 2.45) is 5.92 Å². The van der Waals surface area contributed by atoms with Crippen molar-refractivity contribution in [3.63, 3.8) is 0 Å². The highest BCUT2D eigenvalue weighted by Crippen LogP contribution is 2.34. The second-order valence-corrected chi connectivity index (χ2v) is 3.97. The van der Waals surface area contributed by atoms with E-state index in [2.05, 4.69) is 5.32 Å². The molecule has 9 heteroatoms. The van der Waals surface area contributed by atoms with Gasteiger partial charge in [-0.15, -0.1) is 0 Å². The van der Waals surface area contributed by atoms with Crippen LogP contribution in [0.1, 0.15) is 11.1 Å². The Kier molecular flexibility index (Phi) is 4.69. The van der Waals surface area contributed by atoms with Crippen LogP contribution in [0.15, 0.2) is 18.2 Å². The summed E-state index contributed by atoms with van der Waals surface area (Å²) < 4.78 is 74.9. The zero-order chi connectivity index (χ0) is 16.3. The number of halogens is 6. The SMILES string of the molecule is N#Cc1ccc(NCC(C#N)C(F)(F)F)cc1C(F)(F)F. The highest BCUT2D eigenvalue weighted by molar-refractivity contribution is 5.53. The van der Waals surface area contributed by atoms with Gasteiger partial charge in [-0.1, -0.05) is 0 Å². The van der Waals surface area contributed by atoms with Gasteiger partial charge in [0.2, 0.25) is 0 Å². The molecule has 0 bridgehead atoms. The van der Waals surface area contributed by atoms with Crippen LogP contribution >= 0.6 is 0 Å². The van der Waals surface area contributed by atoms with E-state index < -0.39 is 35.9 Å². The average Bonchev–Trinajstić information content (AvgIpc) is 2.36. The molecule has 112 valence electrons. The molecule has 0 heterocycles. The van der Waals surface area contributed by atoms with E-state index in [1.807, 2.05) is 0 Å². The fourth-order valence-corrected chi connectivity index (χ4v) is 1.44. The molecule has 1 rings (SSSR count). The number of benzene rings is 1. The van der Waals surface area contributed by atoms with Gasteiger partial charge in [-0.25, -0.2) is 0 Å². The molecule has 1 atom stereocenters. The first-order valence-corrected chi connectivity index (χ1v) is 5.41. The van der Waals surface area contributed by atoms with E-state index in [1.54, 1.807) is 0 Å². The van der Waals surface area contributed by atoms with Gasteiger partial charge in [-0.3, -0.25) is 0 Å². The first kappa shape index (κ1) is 16.6. The molecule has 1 unspecified atom stereocenters. The fourth-order valence-electron chi connectivity index (χ4n) is 1.44. The number of rotatable bonds is 3. The fraction of sp³-hybridized carbons (Fsp3) is 0.333. The van der Waals surface area contributed by atoms with E-state index >= 15 is 0 Å². The molecule has 0 amide bonds. The van der Waals surface area contributed by atoms with Crippen LogP contribution in [0.25, 0.3) is 0 Å². The lowest BCUT2D eigenvalue weighted by molar-refractivity contribution is -0.155. The maximum Gasteiger partial charge on any atom is 0.417 e. The Balaban J connectivity index is 2.97. The van der Waals surface area contributed by atoms with Crippen LogP contribution in [0.4, 0.5) is 32.0 Å². The van der Waals surface area contributed by atoms with Crippen molar-refractivity contribution >= 4 is 5.69 Å².